The van der Waals surface area contributed by atoms with Gasteiger partial charge in [-0.2, -0.15) is 0 Å². The van der Waals surface area contributed by atoms with Crippen molar-refractivity contribution in [2.45, 2.75) is 52.1 Å². The molecule has 0 radical (unpaired) electrons. The highest BCUT2D eigenvalue weighted by Gasteiger charge is 2.33. The second-order valence-corrected chi connectivity index (χ2v) is 6.55. The third kappa shape index (κ3) is 3.16. The van der Waals surface area contributed by atoms with Crippen LogP contribution in [0, 0.1) is 11.8 Å². The molecule has 0 spiro atoms. The molecular weight excluding hydrogens is 220 g/mol. The van der Waals surface area contributed by atoms with E-state index in [1.165, 1.54) is 45.4 Å². The Morgan fingerprint density at radius 1 is 1.22 bits per heavy atom. The molecule has 0 aliphatic carbocycles. The molecule has 2 rings (SSSR count). The molecule has 2 fully saturated rings. The molecule has 0 N–H and O–H groups in total. The lowest BCUT2D eigenvalue weighted by Crippen LogP contribution is -2.46. The maximum absolute atomic E-state index is 3.98. The lowest BCUT2D eigenvalue weighted by Gasteiger charge is -2.39. The van der Waals surface area contributed by atoms with Crippen LogP contribution < -0.4 is 0 Å². The van der Waals surface area contributed by atoms with E-state index in [9.17, 15) is 0 Å². The number of hydrogen-bond donors (Lipinski definition) is 0. The lowest BCUT2D eigenvalue weighted by atomic mass is 9.91. The first-order valence-corrected chi connectivity index (χ1v) is 7.74. The average Bonchev–Trinajstić information content (AvgIpc) is 2.79. The van der Waals surface area contributed by atoms with Crippen molar-refractivity contribution in [2.75, 3.05) is 26.2 Å². The topological polar surface area (TPSA) is 6.48 Å². The molecular formula is C16H30N2. The first-order chi connectivity index (χ1) is 8.63. The van der Waals surface area contributed by atoms with Crippen molar-refractivity contribution in [2.24, 2.45) is 11.8 Å². The van der Waals surface area contributed by atoms with Gasteiger partial charge in [-0.1, -0.05) is 26.8 Å². The molecule has 104 valence electrons. The Labute approximate surface area is 113 Å². The standard InChI is InChI=1S/C16H30N2/c1-5-15(6-2)17-8-7-16(12-17)18-10-13(3)9-14(4)11-18/h5,13-16H,1,6-12H2,2-4H3/t13?,14?,15-,16?/m1/s1. The van der Waals surface area contributed by atoms with Crippen molar-refractivity contribution in [1.82, 2.24) is 9.80 Å². The summed E-state index contributed by atoms with van der Waals surface area (Å²) in [6.07, 6.45) is 6.09. The van der Waals surface area contributed by atoms with Gasteiger partial charge in [0.15, 0.2) is 0 Å². The number of likely N-dealkylation sites (tertiary alicyclic amines) is 2. The third-order valence-corrected chi connectivity index (χ3v) is 4.77. The minimum atomic E-state index is 0.592. The smallest absolute Gasteiger partial charge is 0.0273 e. The van der Waals surface area contributed by atoms with E-state index in [1.54, 1.807) is 0 Å². The van der Waals surface area contributed by atoms with Crippen molar-refractivity contribution in [3.63, 3.8) is 0 Å². The molecule has 2 heterocycles. The molecule has 0 aromatic rings. The van der Waals surface area contributed by atoms with E-state index in [2.05, 4.69) is 43.2 Å². The number of hydrogen-bond acceptors (Lipinski definition) is 2. The van der Waals surface area contributed by atoms with Crippen LogP contribution in [0.3, 0.4) is 0 Å². The Morgan fingerprint density at radius 3 is 2.44 bits per heavy atom. The van der Waals surface area contributed by atoms with Crippen LogP contribution in [0.25, 0.3) is 0 Å². The van der Waals surface area contributed by atoms with Gasteiger partial charge in [0.25, 0.3) is 0 Å². The van der Waals surface area contributed by atoms with Crippen LogP contribution >= 0.6 is 0 Å². The van der Waals surface area contributed by atoms with Crippen molar-refractivity contribution in [3.05, 3.63) is 12.7 Å². The summed E-state index contributed by atoms with van der Waals surface area (Å²) in [6, 6.07) is 1.39. The first-order valence-electron chi connectivity index (χ1n) is 7.74. The highest BCUT2D eigenvalue weighted by atomic mass is 15.3. The predicted molar refractivity (Wildman–Crippen MR) is 78.8 cm³/mol. The monoisotopic (exact) mass is 250 g/mol. The molecule has 3 unspecified atom stereocenters. The summed E-state index contributed by atoms with van der Waals surface area (Å²) in [5.74, 6) is 1.76. The normalized spacial score (nSPS) is 36.7. The van der Waals surface area contributed by atoms with Crippen LogP contribution in [0.4, 0.5) is 0 Å². The predicted octanol–water partition coefficient (Wildman–Crippen LogP) is 3.00. The molecule has 2 saturated heterocycles. The largest absolute Gasteiger partial charge is 0.299 e. The Hall–Kier alpha value is -0.340. The Bertz CT molecular complexity index is 266. The van der Waals surface area contributed by atoms with Gasteiger partial charge in [0, 0.05) is 38.3 Å². The molecule has 4 atom stereocenters. The van der Waals surface area contributed by atoms with Gasteiger partial charge in [0.1, 0.15) is 0 Å². The maximum Gasteiger partial charge on any atom is 0.0273 e. The molecule has 0 aromatic heterocycles. The molecule has 0 amide bonds. The molecule has 0 bridgehead atoms. The van der Waals surface area contributed by atoms with Crippen LogP contribution in [0.1, 0.15) is 40.0 Å². The van der Waals surface area contributed by atoms with Crippen LogP contribution in [0.5, 0.6) is 0 Å². The van der Waals surface area contributed by atoms with Crippen molar-refractivity contribution in [1.29, 1.82) is 0 Å². The molecule has 2 heteroatoms. The van der Waals surface area contributed by atoms with Gasteiger partial charge in [-0.05, 0) is 31.1 Å². The molecule has 18 heavy (non-hydrogen) atoms. The van der Waals surface area contributed by atoms with Gasteiger partial charge >= 0.3 is 0 Å². The highest BCUT2D eigenvalue weighted by Crippen LogP contribution is 2.27. The molecule has 2 aliphatic rings. The summed E-state index contributed by atoms with van der Waals surface area (Å²) in [5.41, 5.74) is 0. The minimum Gasteiger partial charge on any atom is -0.299 e. The third-order valence-electron chi connectivity index (χ3n) is 4.77. The van der Waals surface area contributed by atoms with E-state index in [1.807, 2.05) is 0 Å². The van der Waals surface area contributed by atoms with E-state index in [0.29, 0.717) is 6.04 Å². The molecule has 0 saturated carbocycles. The fraction of sp³-hybridized carbons (Fsp3) is 0.875. The first kappa shape index (κ1) is 14.1. The summed E-state index contributed by atoms with van der Waals surface area (Å²) in [5, 5.41) is 0. The minimum absolute atomic E-state index is 0.592. The van der Waals surface area contributed by atoms with E-state index in [4.69, 9.17) is 0 Å². The van der Waals surface area contributed by atoms with E-state index in [-0.39, 0.29) is 0 Å². The number of nitrogens with zero attached hydrogens (tertiary/aromatic N) is 2. The van der Waals surface area contributed by atoms with Crippen LogP contribution in [0.2, 0.25) is 0 Å². The summed E-state index contributed by atoms with van der Waals surface area (Å²) in [7, 11) is 0. The fourth-order valence-electron chi connectivity index (χ4n) is 3.95. The maximum atomic E-state index is 3.98. The zero-order valence-electron chi connectivity index (χ0n) is 12.4. The van der Waals surface area contributed by atoms with E-state index < -0.39 is 0 Å². The van der Waals surface area contributed by atoms with Crippen LogP contribution in [0.15, 0.2) is 12.7 Å². The van der Waals surface area contributed by atoms with Gasteiger partial charge in [0.2, 0.25) is 0 Å². The SMILES string of the molecule is C=C[C@H](CC)N1CCC(N2CC(C)CC(C)C2)C1. The van der Waals surface area contributed by atoms with Crippen LogP contribution in [-0.4, -0.2) is 48.1 Å². The van der Waals surface area contributed by atoms with Gasteiger partial charge in [-0.15, -0.1) is 6.58 Å². The van der Waals surface area contributed by atoms with Crippen molar-refractivity contribution >= 4 is 0 Å². The average molecular weight is 250 g/mol. The van der Waals surface area contributed by atoms with Gasteiger partial charge < -0.3 is 0 Å². The quantitative estimate of drug-likeness (QED) is 0.708. The highest BCUT2D eigenvalue weighted by molar-refractivity contribution is 4.94. The van der Waals surface area contributed by atoms with Crippen molar-refractivity contribution < 1.29 is 0 Å². The number of rotatable bonds is 4. The zero-order valence-corrected chi connectivity index (χ0v) is 12.4. The number of piperidine rings is 1. The lowest BCUT2D eigenvalue weighted by molar-refractivity contribution is 0.0955. The van der Waals surface area contributed by atoms with Gasteiger partial charge in [-0.3, -0.25) is 9.80 Å². The van der Waals surface area contributed by atoms with Crippen molar-refractivity contribution in [3.8, 4) is 0 Å². The Balaban J connectivity index is 1.90. The second-order valence-electron chi connectivity index (χ2n) is 6.55. The summed E-state index contributed by atoms with van der Waals surface area (Å²) >= 11 is 0. The summed E-state index contributed by atoms with van der Waals surface area (Å²) in [4.78, 5) is 5.39. The van der Waals surface area contributed by atoms with Crippen LogP contribution in [-0.2, 0) is 0 Å². The zero-order chi connectivity index (χ0) is 13.1. The Kier molecular flexibility index (Phi) is 4.85. The fourth-order valence-corrected chi connectivity index (χ4v) is 3.95. The van der Waals surface area contributed by atoms with E-state index in [0.717, 1.165) is 17.9 Å². The molecule has 2 aliphatic heterocycles. The van der Waals surface area contributed by atoms with Gasteiger partial charge in [-0.25, -0.2) is 0 Å². The second kappa shape index (κ2) is 6.21. The summed E-state index contributed by atoms with van der Waals surface area (Å²) in [6.45, 7) is 16.2. The summed E-state index contributed by atoms with van der Waals surface area (Å²) < 4.78 is 0. The Morgan fingerprint density at radius 2 is 1.89 bits per heavy atom. The molecule has 2 nitrogen and oxygen atoms in total. The van der Waals surface area contributed by atoms with E-state index >= 15 is 0 Å². The van der Waals surface area contributed by atoms with Gasteiger partial charge in [0.05, 0.1) is 0 Å². The molecule has 0 aromatic carbocycles.